The molecule has 1 amide bonds. The van der Waals surface area contributed by atoms with Gasteiger partial charge in [-0.3, -0.25) is 4.79 Å². The van der Waals surface area contributed by atoms with Crippen LogP contribution in [0.25, 0.3) is 4.96 Å². The Balaban J connectivity index is 1.95. The second kappa shape index (κ2) is 4.97. The summed E-state index contributed by atoms with van der Waals surface area (Å²) in [6.45, 7) is 2.98. The molecule has 2 aromatic heterocycles. The lowest BCUT2D eigenvalue weighted by atomic mass is 10.1. The highest BCUT2D eigenvalue weighted by Crippen LogP contribution is 2.30. The van der Waals surface area contributed by atoms with Gasteiger partial charge in [0.05, 0.1) is 5.69 Å². The number of fused-ring (bicyclic) bond motifs is 1. The Hall–Kier alpha value is -1.64. The van der Waals surface area contributed by atoms with E-state index in [0.717, 1.165) is 35.1 Å². The van der Waals surface area contributed by atoms with Gasteiger partial charge in [-0.1, -0.05) is 11.3 Å². The summed E-state index contributed by atoms with van der Waals surface area (Å²) < 4.78 is 38.8. The number of carbonyl (C=O) groups excluding carboxylic acids is 1. The number of hydrogen-bond acceptors (Lipinski definition) is 4. The highest BCUT2D eigenvalue weighted by atomic mass is 32.1. The summed E-state index contributed by atoms with van der Waals surface area (Å²) in [5.41, 5.74) is 0.411. The highest BCUT2D eigenvalue weighted by molar-refractivity contribution is 7.19. The zero-order chi connectivity index (χ0) is 15.2. The molecule has 0 radical (unpaired) electrons. The van der Waals surface area contributed by atoms with Crippen LogP contribution in [0.3, 0.4) is 0 Å². The predicted octanol–water partition coefficient (Wildman–Crippen LogP) is 2.74. The third-order valence-electron chi connectivity index (χ3n) is 3.51. The Labute approximate surface area is 122 Å². The number of aryl methyl sites for hydroxylation is 1. The summed E-state index contributed by atoms with van der Waals surface area (Å²) in [6.07, 6.45) is -1.55. The van der Waals surface area contributed by atoms with E-state index in [0.29, 0.717) is 23.7 Å². The van der Waals surface area contributed by atoms with Crippen molar-refractivity contribution in [3.05, 3.63) is 16.4 Å². The molecule has 0 spiro atoms. The molecule has 9 heteroatoms. The van der Waals surface area contributed by atoms with Gasteiger partial charge in [-0.25, -0.2) is 4.52 Å². The fourth-order valence-electron chi connectivity index (χ4n) is 2.40. The SMILES string of the molecule is Cc1c(C(=O)N2CCCCC2)sc2nc(C(F)(F)F)nn12. The number of alkyl halides is 3. The third-order valence-corrected chi connectivity index (χ3v) is 4.63. The fourth-order valence-corrected chi connectivity index (χ4v) is 3.43. The first-order chi connectivity index (χ1) is 9.88. The Morgan fingerprint density at radius 1 is 1.24 bits per heavy atom. The van der Waals surface area contributed by atoms with E-state index < -0.39 is 12.0 Å². The number of thiazole rings is 1. The smallest absolute Gasteiger partial charge is 0.338 e. The molecule has 0 saturated carbocycles. The summed E-state index contributed by atoms with van der Waals surface area (Å²) in [6, 6.07) is 0. The van der Waals surface area contributed by atoms with Gasteiger partial charge in [0.15, 0.2) is 0 Å². The Morgan fingerprint density at radius 2 is 1.90 bits per heavy atom. The monoisotopic (exact) mass is 318 g/mol. The van der Waals surface area contributed by atoms with Crippen LogP contribution >= 0.6 is 11.3 Å². The second-order valence-electron chi connectivity index (χ2n) is 5.00. The average molecular weight is 318 g/mol. The number of rotatable bonds is 1. The van der Waals surface area contributed by atoms with E-state index in [1.54, 1.807) is 11.8 Å². The first kappa shape index (κ1) is 14.3. The number of piperidine rings is 1. The van der Waals surface area contributed by atoms with Crippen LogP contribution in [0, 0.1) is 6.92 Å². The summed E-state index contributed by atoms with van der Waals surface area (Å²) in [5, 5.41) is 3.45. The molecule has 114 valence electrons. The van der Waals surface area contributed by atoms with E-state index in [4.69, 9.17) is 0 Å². The van der Waals surface area contributed by atoms with Gasteiger partial charge in [0, 0.05) is 13.1 Å². The topological polar surface area (TPSA) is 50.5 Å². The minimum Gasteiger partial charge on any atom is -0.338 e. The van der Waals surface area contributed by atoms with Gasteiger partial charge in [0.2, 0.25) is 4.96 Å². The van der Waals surface area contributed by atoms with Gasteiger partial charge in [-0.05, 0) is 26.2 Å². The normalized spacial score (nSPS) is 16.7. The van der Waals surface area contributed by atoms with Gasteiger partial charge in [-0.2, -0.15) is 18.2 Å². The third kappa shape index (κ3) is 2.50. The highest BCUT2D eigenvalue weighted by Gasteiger charge is 2.37. The number of amides is 1. The summed E-state index contributed by atoms with van der Waals surface area (Å²) in [4.78, 5) is 18.1. The van der Waals surface area contributed by atoms with E-state index in [1.807, 2.05) is 0 Å². The van der Waals surface area contributed by atoms with Crippen molar-refractivity contribution in [3.63, 3.8) is 0 Å². The molecule has 0 N–H and O–H groups in total. The minimum atomic E-state index is -4.57. The Bertz CT molecular complexity index is 685. The molecule has 0 atom stereocenters. The molecule has 0 bridgehead atoms. The summed E-state index contributed by atoms with van der Waals surface area (Å²) >= 11 is 0.961. The van der Waals surface area contributed by atoms with Crippen molar-refractivity contribution in [2.24, 2.45) is 0 Å². The molecule has 3 heterocycles. The van der Waals surface area contributed by atoms with Crippen LogP contribution in [-0.4, -0.2) is 38.5 Å². The van der Waals surface area contributed by atoms with Crippen LogP contribution in [0.4, 0.5) is 13.2 Å². The molecule has 0 unspecified atom stereocenters. The van der Waals surface area contributed by atoms with E-state index >= 15 is 0 Å². The molecule has 21 heavy (non-hydrogen) atoms. The maximum Gasteiger partial charge on any atom is 0.453 e. The maximum atomic E-state index is 12.6. The zero-order valence-corrected chi connectivity index (χ0v) is 12.1. The van der Waals surface area contributed by atoms with Crippen molar-refractivity contribution < 1.29 is 18.0 Å². The quantitative estimate of drug-likeness (QED) is 0.812. The van der Waals surface area contributed by atoms with Crippen molar-refractivity contribution in [3.8, 4) is 0 Å². The second-order valence-corrected chi connectivity index (χ2v) is 5.97. The number of halogens is 3. The lowest BCUT2D eigenvalue weighted by molar-refractivity contribution is -0.144. The molecule has 3 rings (SSSR count). The lowest BCUT2D eigenvalue weighted by Gasteiger charge is -2.26. The Kier molecular flexibility index (Phi) is 3.39. The van der Waals surface area contributed by atoms with Crippen LogP contribution in [0.15, 0.2) is 0 Å². The molecule has 5 nitrogen and oxygen atoms in total. The maximum absolute atomic E-state index is 12.6. The van der Waals surface area contributed by atoms with Crippen molar-refractivity contribution in [1.29, 1.82) is 0 Å². The van der Waals surface area contributed by atoms with Crippen LogP contribution in [-0.2, 0) is 6.18 Å². The van der Waals surface area contributed by atoms with Crippen molar-refractivity contribution in [2.75, 3.05) is 13.1 Å². The molecule has 1 aliphatic heterocycles. The van der Waals surface area contributed by atoms with Crippen LogP contribution in [0.2, 0.25) is 0 Å². The molecule has 1 aliphatic rings. The fraction of sp³-hybridized carbons (Fsp3) is 0.583. The molecular weight excluding hydrogens is 305 g/mol. The van der Waals surface area contributed by atoms with E-state index in [9.17, 15) is 18.0 Å². The minimum absolute atomic E-state index is 0.0974. The van der Waals surface area contributed by atoms with Crippen LogP contribution in [0.1, 0.15) is 40.5 Å². The largest absolute Gasteiger partial charge is 0.453 e. The number of likely N-dealkylation sites (tertiary alicyclic amines) is 1. The molecular formula is C12H13F3N4OS. The zero-order valence-electron chi connectivity index (χ0n) is 11.3. The van der Waals surface area contributed by atoms with Gasteiger partial charge in [0.1, 0.15) is 4.88 Å². The first-order valence-electron chi connectivity index (χ1n) is 6.60. The molecule has 2 aromatic rings. The number of nitrogens with zero attached hydrogens (tertiary/aromatic N) is 4. The molecule has 0 aliphatic carbocycles. The summed E-state index contributed by atoms with van der Waals surface area (Å²) in [5.74, 6) is -1.31. The van der Waals surface area contributed by atoms with Crippen molar-refractivity contribution in [2.45, 2.75) is 32.4 Å². The van der Waals surface area contributed by atoms with E-state index in [1.165, 1.54) is 0 Å². The average Bonchev–Trinajstić information content (AvgIpc) is 2.99. The predicted molar refractivity (Wildman–Crippen MR) is 70.4 cm³/mol. The number of hydrogen-bond donors (Lipinski definition) is 0. The number of aromatic nitrogens is 3. The van der Waals surface area contributed by atoms with Gasteiger partial charge >= 0.3 is 6.18 Å². The standard InChI is InChI=1S/C12H13F3N4OS/c1-7-8(9(20)18-5-3-2-4-6-18)21-11-16-10(12(13,14)15)17-19(7)11/h2-6H2,1H3. The molecule has 1 saturated heterocycles. The van der Waals surface area contributed by atoms with Crippen molar-refractivity contribution >= 4 is 22.2 Å². The molecule has 0 aromatic carbocycles. The van der Waals surface area contributed by atoms with E-state index in [2.05, 4.69) is 10.1 Å². The van der Waals surface area contributed by atoms with Crippen LogP contribution in [0.5, 0.6) is 0 Å². The summed E-state index contributed by atoms with van der Waals surface area (Å²) in [7, 11) is 0. The van der Waals surface area contributed by atoms with Gasteiger partial charge < -0.3 is 4.90 Å². The lowest BCUT2D eigenvalue weighted by Crippen LogP contribution is -2.35. The van der Waals surface area contributed by atoms with Crippen molar-refractivity contribution in [1.82, 2.24) is 19.5 Å². The molecule has 1 fully saturated rings. The first-order valence-corrected chi connectivity index (χ1v) is 7.42. The van der Waals surface area contributed by atoms with Gasteiger partial charge in [-0.15, -0.1) is 5.10 Å². The van der Waals surface area contributed by atoms with Gasteiger partial charge in [0.25, 0.3) is 11.7 Å². The Morgan fingerprint density at radius 3 is 2.48 bits per heavy atom. The van der Waals surface area contributed by atoms with Crippen LogP contribution < -0.4 is 0 Å². The number of carbonyl (C=O) groups is 1. The van der Waals surface area contributed by atoms with E-state index in [-0.39, 0.29) is 10.9 Å².